The van der Waals surface area contributed by atoms with E-state index in [0.717, 1.165) is 11.3 Å². The second-order valence-corrected chi connectivity index (χ2v) is 3.29. The van der Waals surface area contributed by atoms with Gasteiger partial charge in [0.05, 0.1) is 13.0 Å². The minimum Gasteiger partial charge on any atom is -0.497 e. The Hall–Kier alpha value is -1.77. The molecule has 88 valence electrons. The Morgan fingerprint density at radius 3 is 2.62 bits per heavy atom. The highest BCUT2D eigenvalue weighted by Crippen LogP contribution is 2.15. The maximum absolute atomic E-state index is 10.6. The Labute approximate surface area is 96.4 Å². The van der Waals surface area contributed by atoms with Crippen LogP contribution in [-0.2, 0) is 11.2 Å². The first-order chi connectivity index (χ1) is 7.63. The fraction of sp³-hybridized carbons (Fsp3) is 0.308. The summed E-state index contributed by atoms with van der Waals surface area (Å²) in [5, 5.41) is 8.74. The lowest BCUT2D eigenvalue weighted by Crippen LogP contribution is -2.12. The van der Waals surface area contributed by atoms with Gasteiger partial charge in [0.25, 0.3) is 0 Å². The molecule has 0 aliphatic heterocycles. The number of carbonyl (C=O) groups is 1. The van der Waals surface area contributed by atoms with Gasteiger partial charge in [-0.1, -0.05) is 19.1 Å². The minimum absolute atomic E-state index is 0.359. The number of methoxy groups -OCH3 is 1. The Bertz CT molecular complexity index is 334. The summed E-state index contributed by atoms with van der Waals surface area (Å²) in [7, 11) is 1.60. The number of carboxylic acid groups (broad SMARTS) is 1. The van der Waals surface area contributed by atoms with Crippen molar-refractivity contribution in [2.24, 2.45) is 5.92 Å². The summed E-state index contributed by atoms with van der Waals surface area (Å²) in [6.45, 7) is 7.70. The van der Waals surface area contributed by atoms with Crippen LogP contribution < -0.4 is 4.74 Å². The lowest BCUT2D eigenvalue weighted by molar-refractivity contribution is -0.141. The molecule has 16 heavy (non-hydrogen) atoms. The van der Waals surface area contributed by atoms with Gasteiger partial charge in [-0.15, -0.1) is 13.2 Å². The van der Waals surface area contributed by atoms with Crippen molar-refractivity contribution in [3.05, 3.63) is 43.0 Å². The average Bonchev–Trinajstić information content (AvgIpc) is 2.31. The van der Waals surface area contributed by atoms with Crippen LogP contribution in [-0.4, -0.2) is 18.2 Å². The van der Waals surface area contributed by atoms with Crippen LogP contribution in [0.5, 0.6) is 5.75 Å². The van der Waals surface area contributed by atoms with Gasteiger partial charge in [-0.25, -0.2) is 0 Å². The van der Waals surface area contributed by atoms with Crippen LogP contribution in [0.2, 0.25) is 0 Å². The van der Waals surface area contributed by atoms with Crippen LogP contribution in [0.1, 0.15) is 12.5 Å². The molecule has 0 bridgehead atoms. The third-order valence-electron chi connectivity index (χ3n) is 2.10. The summed E-state index contributed by atoms with van der Waals surface area (Å²) in [6, 6.07) is 7.47. The SMILES string of the molecule is C=C.COc1cccc(C[C@@H](C)C(=O)O)c1. The molecule has 0 aromatic heterocycles. The summed E-state index contributed by atoms with van der Waals surface area (Å²) in [6.07, 6.45) is 0.534. The Kier molecular flexibility index (Phi) is 6.68. The van der Waals surface area contributed by atoms with E-state index in [1.54, 1.807) is 14.0 Å². The molecule has 1 rings (SSSR count). The molecule has 0 aliphatic carbocycles. The molecule has 0 spiro atoms. The summed E-state index contributed by atoms with van der Waals surface area (Å²) >= 11 is 0. The smallest absolute Gasteiger partial charge is 0.306 e. The molecule has 0 amide bonds. The summed E-state index contributed by atoms with van der Waals surface area (Å²) in [5.41, 5.74) is 0.985. The van der Waals surface area contributed by atoms with E-state index >= 15 is 0 Å². The van der Waals surface area contributed by atoms with E-state index in [2.05, 4.69) is 13.2 Å². The molecule has 1 atom stereocenters. The number of aliphatic carboxylic acids is 1. The molecule has 0 aliphatic rings. The van der Waals surface area contributed by atoms with Crippen LogP contribution in [0.3, 0.4) is 0 Å². The van der Waals surface area contributed by atoms with Crippen molar-refractivity contribution >= 4 is 5.97 Å². The molecule has 0 unspecified atom stereocenters. The van der Waals surface area contributed by atoms with E-state index in [0.29, 0.717) is 6.42 Å². The first-order valence-electron chi connectivity index (χ1n) is 4.99. The lowest BCUT2D eigenvalue weighted by atomic mass is 10.0. The topological polar surface area (TPSA) is 46.5 Å². The molecule has 0 saturated carbocycles. The van der Waals surface area contributed by atoms with E-state index in [1.807, 2.05) is 24.3 Å². The Morgan fingerprint density at radius 1 is 1.50 bits per heavy atom. The van der Waals surface area contributed by atoms with Crippen LogP contribution in [0, 0.1) is 5.92 Å². The summed E-state index contributed by atoms with van der Waals surface area (Å²) in [4.78, 5) is 10.6. The van der Waals surface area contributed by atoms with Gasteiger partial charge in [-0.05, 0) is 24.1 Å². The Morgan fingerprint density at radius 2 is 2.12 bits per heavy atom. The first kappa shape index (κ1) is 14.2. The molecule has 3 heteroatoms. The van der Waals surface area contributed by atoms with Crippen LogP contribution >= 0.6 is 0 Å². The van der Waals surface area contributed by atoms with Gasteiger partial charge in [0.2, 0.25) is 0 Å². The van der Waals surface area contributed by atoms with Crippen molar-refractivity contribution < 1.29 is 14.6 Å². The molecule has 0 saturated heterocycles. The average molecular weight is 222 g/mol. The van der Waals surface area contributed by atoms with E-state index in [-0.39, 0.29) is 5.92 Å². The number of hydrogen-bond acceptors (Lipinski definition) is 2. The van der Waals surface area contributed by atoms with Crippen LogP contribution in [0.25, 0.3) is 0 Å². The second-order valence-electron chi connectivity index (χ2n) is 3.29. The molecule has 3 nitrogen and oxygen atoms in total. The summed E-state index contributed by atoms with van der Waals surface area (Å²) < 4.78 is 5.05. The molecule has 0 radical (unpaired) electrons. The van der Waals surface area contributed by atoms with Gasteiger partial charge >= 0.3 is 5.97 Å². The largest absolute Gasteiger partial charge is 0.497 e. The van der Waals surface area contributed by atoms with Gasteiger partial charge in [0, 0.05) is 0 Å². The lowest BCUT2D eigenvalue weighted by Gasteiger charge is -2.07. The maximum Gasteiger partial charge on any atom is 0.306 e. The van der Waals surface area contributed by atoms with Crippen molar-refractivity contribution in [2.75, 3.05) is 7.11 Å². The number of carboxylic acids is 1. The zero-order valence-corrected chi connectivity index (χ0v) is 9.77. The molecular weight excluding hydrogens is 204 g/mol. The zero-order chi connectivity index (χ0) is 12.6. The highest BCUT2D eigenvalue weighted by molar-refractivity contribution is 5.69. The fourth-order valence-electron chi connectivity index (χ4n) is 1.24. The number of ether oxygens (including phenoxy) is 1. The van der Waals surface area contributed by atoms with Crippen molar-refractivity contribution in [2.45, 2.75) is 13.3 Å². The van der Waals surface area contributed by atoms with Gasteiger partial charge < -0.3 is 9.84 Å². The van der Waals surface area contributed by atoms with Crippen molar-refractivity contribution in [1.29, 1.82) is 0 Å². The molecular formula is C13H18O3. The Balaban J connectivity index is 0.00000106. The highest BCUT2D eigenvalue weighted by Gasteiger charge is 2.11. The normalized spacial score (nSPS) is 10.9. The number of benzene rings is 1. The third-order valence-corrected chi connectivity index (χ3v) is 2.10. The monoisotopic (exact) mass is 222 g/mol. The van der Waals surface area contributed by atoms with Crippen molar-refractivity contribution in [3.63, 3.8) is 0 Å². The second kappa shape index (κ2) is 7.51. The predicted octanol–water partition coefficient (Wildman–Crippen LogP) is 2.76. The predicted molar refractivity (Wildman–Crippen MR) is 64.8 cm³/mol. The zero-order valence-electron chi connectivity index (χ0n) is 9.77. The van der Waals surface area contributed by atoms with E-state index in [1.165, 1.54) is 0 Å². The van der Waals surface area contributed by atoms with Gasteiger partial charge in [0.15, 0.2) is 0 Å². The van der Waals surface area contributed by atoms with Crippen LogP contribution in [0.15, 0.2) is 37.4 Å². The van der Waals surface area contributed by atoms with E-state index in [4.69, 9.17) is 9.84 Å². The van der Waals surface area contributed by atoms with Crippen molar-refractivity contribution in [1.82, 2.24) is 0 Å². The van der Waals surface area contributed by atoms with Crippen molar-refractivity contribution in [3.8, 4) is 5.75 Å². The maximum atomic E-state index is 10.6. The summed E-state index contributed by atoms with van der Waals surface area (Å²) in [5.74, 6) is -0.366. The molecule has 1 aromatic carbocycles. The molecule has 1 N–H and O–H groups in total. The number of hydrogen-bond donors (Lipinski definition) is 1. The van der Waals surface area contributed by atoms with Crippen LogP contribution in [0.4, 0.5) is 0 Å². The number of rotatable bonds is 4. The van der Waals surface area contributed by atoms with Gasteiger partial charge in [-0.3, -0.25) is 4.79 Å². The van der Waals surface area contributed by atoms with E-state index < -0.39 is 5.97 Å². The quantitative estimate of drug-likeness (QED) is 0.797. The standard InChI is InChI=1S/C11H14O3.C2H4/c1-8(11(12)13)6-9-4-3-5-10(7-9)14-2;1-2/h3-5,7-8H,6H2,1-2H3,(H,12,13);1-2H2/t8-;/m1./s1. The highest BCUT2D eigenvalue weighted by atomic mass is 16.5. The van der Waals surface area contributed by atoms with Gasteiger partial charge in [-0.2, -0.15) is 0 Å². The van der Waals surface area contributed by atoms with E-state index in [9.17, 15) is 4.79 Å². The molecule has 0 heterocycles. The first-order valence-corrected chi connectivity index (χ1v) is 4.99. The molecule has 0 fully saturated rings. The molecule has 1 aromatic rings. The third kappa shape index (κ3) is 4.64. The minimum atomic E-state index is -0.771. The fourth-order valence-corrected chi connectivity index (χ4v) is 1.24. The van der Waals surface area contributed by atoms with Gasteiger partial charge in [0.1, 0.15) is 5.75 Å².